The summed E-state index contributed by atoms with van der Waals surface area (Å²) in [5.41, 5.74) is 0.808. The summed E-state index contributed by atoms with van der Waals surface area (Å²) in [5, 5.41) is 0.572. The Kier molecular flexibility index (Phi) is 6.84. The molecule has 6 rings (SSSR count). The molecule has 0 unspecified atom stereocenters. The lowest BCUT2D eigenvalue weighted by molar-refractivity contribution is -0.126. The van der Waals surface area contributed by atoms with Gasteiger partial charge >= 0.3 is 5.69 Å². The van der Waals surface area contributed by atoms with E-state index in [4.69, 9.17) is 16.3 Å². The van der Waals surface area contributed by atoms with Crippen LogP contribution < -0.4 is 20.2 Å². The first kappa shape index (κ1) is 27.6. The predicted octanol–water partition coefficient (Wildman–Crippen LogP) is 4.56. The van der Waals surface area contributed by atoms with E-state index in [2.05, 4.69) is 16.5 Å². The Morgan fingerprint density at radius 1 is 1.19 bits per heavy atom. The van der Waals surface area contributed by atoms with E-state index in [9.17, 15) is 14.0 Å². The van der Waals surface area contributed by atoms with E-state index in [1.165, 1.54) is 16.7 Å². The van der Waals surface area contributed by atoms with Crippen molar-refractivity contribution in [2.45, 2.75) is 19.6 Å². The van der Waals surface area contributed by atoms with Crippen LogP contribution in [0.25, 0.3) is 27.8 Å². The van der Waals surface area contributed by atoms with Crippen molar-refractivity contribution in [1.29, 1.82) is 0 Å². The number of halogens is 3. The number of anilines is 2. The molecule has 1 atom stereocenters. The summed E-state index contributed by atoms with van der Waals surface area (Å²) in [7, 11) is 3.64. The van der Waals surface area contributed by atoms with Crippen LogP contribution in [0.4, 0.5) is 20.3 Å². The largest absolute Gasteiger partial charge is 0.486 e. The first-order chi connectivity index (χ1) is 20.1. The minimum atomic E-state index is -1.05. The fraction of sp³-hybridized carbons (Fsp3) is 0.267. The molecule has 0 radical (unpaired) electrons. The molecule has 4 heterocycles. The average molecular weight is 593 g/mol. The fourth-order valence-electron chi connectivity index (χ4n) is 5.74. The van der Waals surface area contributed by atoms with Crippen LogP contribution in [0.5, 0.6) is 5.75 Å². The molecule has 0 spiro atoms. The molecule has 2 aromatic carbocycles. The van der Waals surface area contributed by atoms with E-state index in [1.54, 1.807) is 34.2 Å². The Balaban J connectivity index is 1.69. The Morgan fingerprint density at radius 2 is 1.98 bits per heavy atom. The third-order valence-electron chi connectivity index (χ3n) is 7.71. The second-order valence-corrected chi connectivity index (χ2v) is 10.9. The highest BCUT2D eigenvalue weighted by Crippen LogP contribution is 2.49. The smallest absolute Gasteiger partial charge is 0.356 e. The van der Waals surface area contributed by atoms with Gasteiger partial charge in [-0.25, -0.2) is 23.1 Å². The molecule has 4 aromatic rings. The summed E-state index contributed by atoms with van der Waals surface area (Å²) in [4.78, 5) is 40.7. The standard InChI is InChI=1S/C30H27ClF2N6O3/c1-5-22(40)37-11-12-38(16(2)14-37)28-18-13-19(31)24-23-17(8-9-20(32)25(23)33)15-42-27(24)26(18)39(30(41)35-28)29-21(36(3)4)7-6-10-34-29/h5-10,13,16H,1,11-12,14-15H2,2-4H3/t16-/m0/s1. The zero-order chi connectivity index (χ0) is 29.9. The van der Waals surface area contributed by atoms with Crippen molar-refractivity contribution in [3.05, 3.63) is 81.9 Å². The van der Waals surface area contributed by atoms with Gasteiger partial charge in [-0.3, -0.25) is 4.79 Å². The predicted molar refractivity (Wildman–Crippen MR) is 158 cm³/mol. The molecule has 2 aliphatic heterocycles. The number of pyridine rings is 1. The average Bonchev–Trinajstić information content (AvgIpc) is 2.98. The van der Waals surface area contributed by atoms with Crippen LogP contribution in [-0.4, -0.2) is 65.1 Å². The van der Waals surface area contributed by atoms with Crippen molar-refractivity contribution in [3.8, 4) is 22.7 Å². The Bertz CT molecular complexity index is 1840. The molecule has 1 saturated heterocycles. The molecule has 0 N–H and O–H groups in total. The summed E-state index contributed by atoms with van der Waals surface area (Å²) < 4.78 is 37.3. The van der Waals surface area contributed by atoms with Crippen molar-refractivity contribution in [2.24, 2.45) is 0 Å². The number of fused-ring (bicyclic) bond motifs is 5. The number of amides is 1. The molecule has 1 fully saturated rings. The number of hydrogen-bond donors (Lipinski definition) is 0. The number of hydrogen-bond acceptors (Lipinski definition) is 7. The molecule has 0 bridgehead atoms. The minimum Gasteiger partial charge on any atom is -0.486 e. The molecule has 0 saturated carbocycles. The van der Waals surface area contributed by atoms with Gasteiger partial charge in [0.15, 0.2) is 23.2 Å². The van der Waals surface area contributed by atoms with Crippen LogP contribution >= 0.6 is 11.6 Å². The van der Waals surface area contributed by atoms with Crippen LogP contribution in [0.3, 0.4) is 0 Å². The van der Waals surface area contributed by atoms with Gasteiger partial charge in [-0.05, 0) is 37.3 Å². The fourth-order valence-corrected chi connectivity index (χ4v) is 6.03. The van der Waals surface area contributed by atoms with Gasteiger partial charge in [-0.1, -0.05) is 24.2 Å². The Morgan fingerprint density at radius 3 is 2.69 bits per heavy atom. The number of rotatable bonds is 4. The van der Waals surface area contributed by atoms with Gasteiger partial charge in [0.05, 0.1) is 10.7 Å². The van der Waals surface area contributed by atoms with Gasteiger partial charge in [0.2, 0.25) is 5.91 Å². The van der Waals surface area contributed by atoms with Crippen LogP contribution in [0, 0.1) is 11.6 Å². The van der Waals surface area contributed by atoms with Crippen molar-refractivity contribution in [1.82, 2.24) is 19.4 Å². The number of piperazine rings is 1. The number of benzene rings is 2. The summed E-state index contributed by atoms with van der Waals surface area (Å²) in [6, 6.07) is 7.44. The molecule has 0 aliphatic carbocycles. The van der Waals surface area contributed by atoms with Crippen molar-refractivity contribution < 1.29 is 18.3 Å². The van der Waals surface area contributed by atoms with E-state index in [1.807, 2.05) is 25.9 Å². The van der Waals surface area contributed by atoms with Gasteiger partial charge < -0.3 is 19.4 Å². The number of nitrogens with zero attached hydrogens (tertiary/aromatic N) is 6. The second-order valence-electron chi connectivity index (χ2n) is 10.5. The molecule has 9 nitrogen and oxygen atoms in total. The SMILES string of the molecule is C=CC(=O)N1CCN(c2nc(=O)n(-c3ncccc3N(C)C)c3c4c(c(Cl)cc23)-c2c(ccc(F)c2F)CO4)[C@@H](C)C1. The Hall–Kier alpha value is -4.51. The van der Waals surface area contributed by atoms with Crippen LogP contribution in [-0.2, 0) is 11.4 Å². The van der Waals surface area contributed by atoms with E-state index in [-0.39, 0.29) is 51.8 Å². The maximum atomic E-state index is 15.3. The number of ether oxygens (including phenoxy) is 1. The molecule has 12 heteroatoms. The van der Waals surface area contributed by atoms with E-state index >= 15 is 4.39 Å². The first-order valence-electron chi connectivity index (χ1n) is 13.3. The monoisotopic (exact) mass is 592 g/mol. The highest BCUT2D eigenvalue weighted by Gasteiger charge is 2.34. The van der Waals surface area contributed by atoms with Crippen molar-refractivity contribution in [3.63, 3.8) is 0 Å². The van der Waals surface area contributed by atoms with E-state index in [0.717, 1.165) is 6.07 Å². The zero-order valence-electron chi connectivity index (χ0n) is 23.2. The molecule has 2 aliphatic rings. The third kappa shape index (κ3) is 4.27. The molecule has 1 amide bonds. The minimum absolute atomic E-state index is 0.0146. The number of aromatic nitrogens is 3. The van der Waals surface area contributed by atoms with E-state index in [0.29, 0.717) is 42.1 Å². The normalized spacial score (nSPS) is 16.1. The van der Waals surface area contributed by atoms with Gasteiger partial charge in [0.1, 0.15) is 17.9 Å². The van der Waals surface area contributed by atoms with Crippen molar-refractivity contribution in [2.75, 3.05) is 43.5 Å². The third-order valence-corrected chi connectivity index (χ3v) is 8.01. The highest BCUT2D eigenvalue weighted by atomic mass is 35.5. The number of carbonyl (C=O) groups excluding carboxylic acids is 1. The maximum absolute atomic E-state index is 15.3. The zero-order valence-corrected chi connectivity index (χ0v) is 24.0. The van der Waals surface area contributed by atoms with Gasteiger partial charge in [0, 0.05) is 68.0 Å². The highest BCUT2D eigenvalue weighted by molar-refractivity contribution is 6.35. The molecule has 2 aromatic heterocycles. The Labute approximate surface area is 245 Å². The summed E-state index contributed by atoms with van der Waals surface area (Å²) in [6.07, 6.45) is 2.83. The molecule has 42 heavy (non-hydrogen) atoms. The summed E-state index contributed by atoms with van der Waals surface area (Å²) in [5.74, 6) is -1.51. The summed E-state index contributed by atoms with van der Waals surface area (Å²) >= 11 is 6.83. The number of carbonyl (C=O) groups is 1. The molecule has 216 valence electrons. The van der Waals surface area contributed by atoms with Gasteiger partial charge in [-0.2, -0.15) is 4.98 Å². The van der Waals surface area contributed by atoms with E-state index < -0.39 is 17.3 Å². The lowest BCUT2D eigenvalue weighted by Crippen LogP contribution is -2.54. The topological polar surface area (TPSA) is 83.8 Å². The second kappa shape index (κ2) is 10.4. The quantitative estimate of drug-likeness (QED) is 0.321. The van der Waals surface area contributed by atoms with Gasteiger partial charge in [-0.15, -0.1) is 0 Å². The van der Waals surface area contributed by atoms with Crippen LogP contribution in [0.1, 0.15) is 12.5 Å². The van der Waals surface area contributed by atoms with Crippen LogP contribution in [0.15, 0.2) is 54.0 Å². The first-order valence-corrected chi connectivity index (χ1v) is 13.7. The molecular weight excluding hydrogens is 566 g/mol. The van der Waals surface area contributed by atoms with Crippen LogP contribution in [0.2, 0.25) is 5.02 Å². The maximum Gasteiger partial charge on any atom is 0.356 e. The summed E-state index contributed by atoms with van der Waals surface area (Å²) in [6.45, 7) is 6.59. The lowest BCUT2D eigenvalue weighted by Gasteiger charge is -2.40. The molecular formula is C30H27ClF2N6O3. The van der Waals surface area contributed by atoms with Gasteiger partial charge in [0.25, 0.3) is 0 Å². The van der Waals surface area contributed by atoms with Crippen molar-refractivity contribution >= 4 is 39.9 Å². The lowest BCUT2D eigenvalue weighted by atomic mass is 9.94.